The van der Waals surface area contributed by atoms with Gasteiger partial charge in [-0.25, -0.2) is 0 Å². The van der Waals surface area contributed by atoms with Gasteiger partial charge in [0.25, 0.3) is 5.91 Å². The molecule has 1 amide bonds. The summed E-state index contributed by atoms with van der Waals surface area (Å²) in [6.45, 7) is 7.76. The molecule has 4 heterocycles. The predicted octanol–water partition coefficient (Wildman–Crippen LogP) is 3.89. The van der Waals surface area contributed by atoms with Gasteiger partial charge in [-0.3, -0.25) is 14.7 Å². The van der Waals surface area contributed by atoms with Gasteiger partial charge in [-0.2, -0.15) is 0 Å². The van der Waals surface area contributed by atoms with Crippen LogP contribution in [0, 0.1) is 18.8 Å². The Morgan fingerprint density at radius 3 is 2.77 bits per heavy atom. The largest absolute Gasteiger partial charge is 0.361 e. The van der Waals surface area contributed by atoms with Crippen molar-refractivity contribution in [2.24, 2.45) is 11.8 Å². The normalized spacial score (nSPS) is 23.3. The molecule has 2 fully saturated rings. The fourth-order valence-corrected chi connectivity index (χ4v) is 5.27. The first-order chi connectivity index (χ1) is 15.1. The number of hydrogen-bond donors (Lipinski definition) is 0. The van der Waals surface area contributed by atoms with Crippen molar-refractivity contribution in [1.82, 2.24) is 19.9 Å². The van der Waals surface area contributed by atoms with Crippen molar-refractivity contribution < 1.29 is 9.32 Å². The Labute approximate surface area is 182 Å². The first-order valence-electron chi connectivity index (χ1n) is 11.1. The van der Waals surface area contributed by atoms with Gasteiger partial charge < -0.3 is 9.42 Å². The third-order valence-electron chi connectivity index (χ3n) is 6.76. The van der Waals surface area contributed by atoms with Crippen molar-refractivity contribution in [1.29, 1.82) is 0 Å². The zero-order valence-electron chi connectivity index (χ0n) is 18.1. The Bertz CT molecular complexity index is 1060. The second kappa shape index (κ2) is 8.27. The maximum absolute atomic E-state index is 13.5. The number of carbonyl (C=O) groups is 1. The van der Waals surface area contributed by atoms with Crippen LogP contribution >= 0.6 is 0 Å². The quantitative estimate of drug-likeness (QED) is 0.632. The highest BCUT2D eigenvalue weighted by molar-refractivity contribution is 5.93. The molecule has 2 aliphatic rings. The lowest BCUT2D eigenvalue weighted by Gasteiger charge is -2.30. The summed E-state index contributed by atoms with van der Waals surface area (Å²) in [6.07, 6.45) is 4.49. The summed E-state index contributed by atoms with van der Waals surface area (Å²) in [5.41, 5.74) is 4.12. The number of fused-ring (bicyclic) bond motifs is 1. The zero-order valence-corrected chi connectivity index (χ0v) is 18.1. The third kappa shape index (κ3) is 3.76. The molecule has 3 aromatic rings. The molecule has 3 atom stereocenters. The van der Waals surface area contributed by atoms with Crippen LogP contribution < -0.4 is 0 Å². The Hall–Kier alpha value is -2.99. The molecular formula is C25H28N4O2. The molecule has 5 rings (SSSR count). The van der Waals surface area contributed by atoms with E-state index in [4.69, 9.17) is 4.52 Å². The van der Waals surface area contributed by atoms with E-state index in [-0.39, 0.29) is 11.9 Å². The number of hydrogen-bond acceptors (Lipinski definition) is 5. The maximum Gasteiger partial charge on any atom is 0.276 e. The van der Waals surface area contributed by atoms with Crippen LogP contribution in [0.1, 0.15) is 45.9 Å². The molecule has 6 nitrogen and oxygen atoms in total. The summed E-state index contributed by atoms with van der Waals surface area (Å²) in [6, 6.07) is 14.4. The standard InChI is InChI=1S/C25H28N4O2/c1-3-20-11-23(27-31-20)25(30)29-15-19-14-28(13-18-8-6-10-26-12-18)16-22(19)24(29)21-9-5-4-7-17(21)2/h4-12,19,22,24H,3,13-16H2,1-2H3/t19-,22-,24+/m0/s1. The van der Waals surface area contributed by atoms with Crippen LogP contribution in [0.4, 0.5) is 0 Å². The van der Waals surface area contributed by atoms with E-state index >= 15 is 0 Å². The van der Waals surface area contributed by atoms with E-state index in [1.54, 1.807) is 6.07 Å². The molecule has 0 N–H and O–H groups in total. The number of carbonyl (C=O) groups excluding carboxylic acids is 1. The van der Waals surface area contributed by atoms with Gasteiger partial charge in [0.1, 0.15) is 5.76 Å². The number of pyridine rings is 1. The lowest BCUT2D eigenvalue weighted by atomic mass is 9.87. The van der Waals surface area contributed by atoms with Crippen molar-refractivity contribution >= 4 is 5.91 Å². The van der Waals surface area contributed by atoms with Crippen molar-refractivity contribution in [3.8, 4) is 0 Å². The summed E-state index contributed by atoms with van der Waals surface area (Å²) in [4.78, 5) is 22.3. The molecule has 1 aromatic carbocycles. The SMILES string of the molecule is CCc1cc(C(=O)N2C[C@@H]3CN(Cc4cccnc4)C[C@@H]3[C@H]2c2ccccc2C)no1. The van der Waals surface area contributed by atoms with Crippen LogP contribution in [-0.4, -0.2) is 45.5 Å². The van der Waals surface area contributed by atoms with Crippen LogP contribution in [0.25, 0.3) is 0 Å². The minimum atomic E-state index is -0.0232. The summed E-state index contributed by atoms with van der Waals surface area (Å²) in [7, 11) is 0. The number of rotatable bonds is 5. The number of benzene rings is 1. The summed E-state index contributed by atoms with van der Waals surface area (Å²) >= 11 is 0. The van der Waals surface area contributed by atoms with Crippen LogP contribution in [-0.2, 0) is 13.0 Å². The smallest absolute Gasteiger partial charge is 0.276 e. The molecule has 160 valence electrons. The lowest BCUT2D eigenvalue weighted by molar-refractivity contribution is 0.0688. The van der Waals surface area contributed by atoms with Crippen LogP contribution in [0.5, 0.6) is 0 Å². The molecular weight excluding hydrogens is 388 g/mol. The van der Waals surface area contributed by atoms with Gasteiger partial charge in [0.15, 0.2) is 5.69 Å². The molecule has 31 heavy (non-hydrogen) atoms. The maximum atomic E-state index is 13.5. The lowest BCUT2D eigenvalue weighted by Crippen LogP contribution is -2.36. The molecule has 2 aliphatic heterocycles. The van der Waals surface area contributed by atoms with Gasteiger partial charge in [-0.05, 0) is 35.6 Å². The first-order valence-corrected chi connectivity index (χ1v) is 11.1. The van der Waals surface area contributed by atoms with E-state index in [1.807, 2.05) is 30.3 Å². The number of aromatic nitrogens is 2. The molecule has 0 bridgehead atoms. The van der Waals surface area contributed by atoms with E-state index in [0.29, 0.717) is 17.5 Å². The first kappa shape index (κ1) is 19.9. The number of likely N-dealkylation sites (tertiary alicyclic amines) is 2. The molecule has 0 unspecified atom stereocenters. The summed E-state index contributed by atoms with van der Waals surface area (Å²) < 4.78 is 5.32. The molecule has 2 aromatic heterocycles. The number of nitrogens with zero attached hydrogens (tertiary/aromatic N) is 4. The molecule has 0 aliphatic carbocycles. The van der Waals surface area contributed by atoms with Crippen molar-refractivity contribution in [3.05, 3.63) is 83.0 Å². The van der Waals surface area contributed by atoms with Crippen LogP contribution in [0.15, 0.2) is 59.4 Å². The Kier molecular flexibility index (Phi) is 5.32. The minimum Gasteiger partial charge on any atom is -0.361 e. The second-order valence-electron chi connectivity index (χ2n) is 8.77. The van der Waals surface area contributed by atoms with Gasteiger partial charge in [-0.1, -0.05) is 42.4 Å². The summed E-state index contributed by atoms with van der Waals surface area (Å²) in [5, 5.41) is 4.06. The topological polar surface area (TPSA) is 62.5 Å². The fraction of sp³-hybridized carbons (Fsp3) is 0.400. The summed E-state index contributed by atoms with van der Waals surface area (Å²) in [5.74, 6) is 1.57. The van der Waals surface area contributed by atoms with E-state index in [0.717, 1.165) is 38.4 Å². The Balaban J connectivity index is 1.43. The zero-order chi connectivity index (χ0) is 21.4. The average Bonchev–Trinajstić information content (AvgIpc) is 3.49. The van der Waals surface area contributed by atoms with Gasteiger partial charge in [0.05, 0.1) is 6.04 Å². The number of amides is 1. The number of aryl methyl sites for hydroxylation is 2. The average molecular weight is 417 g/mol. The molecule has 0 saturated carbocycles. The van der Waals surface area contributed by atoms with Gasteiger partial charge in [0, 0.05) is 57.0 Å². The highest BCUT2D eigenvalue weighted by atomic mass is 16.5. The van der Waals surface area contributed by atoms with Gasteiger partial charge in [-0.15, -0.1) is 0 Å². The third-order valence-corrected chi connectivity index (χ3v) is 6.76. The van der Waals surface area contributed by atoms with E-state index in [9.17, 15) is 4.79 Å². The van der Waals surface area contributed by atoms with E-state index in [1.165, 1.54) is 16.7 Å². The second-order valence-corrected chi connectivity index (χ2v) is 8.77. The van der Waals surface area contributed by atoms with Crippen molar-refractivity contribution in [2.45, 2.75) is 32.9 Å². The molecule has 0 radical (unpaired) electrons. The molecule has 0 spiro atoms. The highest BCUT2D eigenvalue weighted by Gasteiger charge is 2.49. The fourth-order valence-electron chi connectivity index (χ4n) is 5.27. The monoisotopic (exact) mass is 416 g/mol. The van der Waals surface area contributed by atoms with Crippen LogP contribution in [0.2, 0.25) is 0 Å². The minimum absolute atomic E-state index is 0.0232. The molecule has 2 saturated heterocycles. The van der Waals surface area contributed by atoms with Crippen molar-refractivity contribution in [2.75, 3.05) is 19.6 Å². The van der Waals surface area contributed by atoms with E-state index in [2.05, 4.69) is 52.3 Å². The Morgan fingerprint density at radius 2 is 2.03 bits per heavy atom. The Morgan fingerprint density at radius 1 is 1.16 bits per heavy atom. The van der Waals surface area contributed by atoms with Gasteiger partial charge in [0.2, 0.25) is 0 Å². The van der Waals surface area contributed by atoms with Crippen LogP contribution in [0.3, 0.4) is 0 Å². The molecule has 6 heteroatoms. The van der Waals surface area contributed by atoms with Gasteiger partial charge >= 0.3 is 0 Å². The van der Waals surface area contributed by atoms with Crippen molar-refractivity contribution in [3.63, 3.8) is 0 Å². The highest BCUT2D eigenvalue weighted by Crippen LogP contribution is 2.46. The predicted molar refractivity (Wildman–Crippen MR) is 117 cm³/mol. The van der Waals surface area contributed by atoms with E-state index < -0.39 is 0 Å².